The van der Waals surface area contributed by atoms with E-state index in [4.69, 9.17) is 9.60 Å². The third-order valence-electron chi connectivity index (χ3n) is 7.91. The molecule has 0 amide bonds. The van der Waals surface area contributed by atoms with Crippen LogP contribution in [0.4, 0.5) is 0 Å². The van der Waals surface area contributed by atoms with Gasteiger partial charge in [-0.1, -0.05) is 111 Å². The number of aryl methyl sites for hydroxylation is 2. The molecule has 0 bridgehead atoms. The van der Waals surface area contributed by atoms with Crippen molar-refractivity contribution in [2.45, 2.75) is 53.1 Å². The van der Waals surface area contributed by atoms with Crippen LogP contribution in [0, 0.1) is 25.8 Å². The van der Waals surface area contributed by atoms with Gasteiger partial charge in [0.05, 0.1) is 8.07 Å². The van der Waals surface area contributed by atoms with Gasteiger partial charge in [0.1, 0.15) is 0 Å². The molecule has 0 saturated heterocycles. The fourth-order valence-corrected chi connectivity index (χ4v) is 8.31. The van der Waals surface area contributed by atoms with Gasteiger partial charge in [-0.25, -0.2) is 0 Å². The van der Waals surface area contributed by atoms with Crippen LogP contribution in [0.5, 0.6) is 0 Å². The molecule has 7 aromatic rings. The SMILES string of the molecule is [2H]C([2H])([2H])c1c[c-]c(-c2cc(C([2H])(C)C)c([Si](C)(C)C)cn2)cc1.[2H]C([2H])([2H])c1ccc(-c2ccc3c(c2)sc2c(-c4ccccn4)[c-]ccc23)cc1.[Ir]. The van der Waals surface area contributed by atoms with Gasteiger partial charge in [0.2, 0.25) is 0 Å². The van der Waals surface area contributed by atoms with Crippen LogP contribution in [0.15, 0.2) is 109 Å². The molecule has 1 radical (unpaired) electrons. The molecule has 0 aliphatic rings. The van der Waals surface area contributed by atoms with Crippen LogP contribution in [-0.4, -0.2) is 18.0 Å². The Hall–Kier alpha value is -3.73. The Labute approximate surface area is 308 Å². The van der Waals surface area contributed by atoms with Gasteiger partial charge in [-0.15, -0.1) is 59.2 Å². The van der Waals surface area contributed by atoms with E-state index in [0.29, 0.717) is 5.56 Å². The van der Waals surface area contributed by atoms with Crippen molar-refractivity contribution in [3.63, 3.8) is 0 Å². The third-order valence-corrected chi connectivity index (χ3v) is 11.1. The van der Waals surface area contributed by atoms with E-state index in [2.05, 4.69) is 66.0 Å². The van der Waals surface area contributed by atoms with Crippen LogP contribution < -0.4 is 5.19 Å². The second-order valence-corrected chi connectivity index (χ2v) is 18.6. The number of rotatable bonds is 5. The molecule has 0 aliphatic heterocycles. The van der Waals surface area contributed by atoms with Gasteiger partial charge in [0.15, 0.2) is 0 Å². The molecule has 47 heavy (non-hydrogen) atoms. The summed E-state index contributed by atoms with van der Waals surface area (Å²) in [6.07, 6.45) is 3.69. The molecule has 0 fully saturated rings. The molecule has 4 aromatic carbocycles. The van der Waals surface area contributed by atoms with Crippen molar-refractivity contribution in [1.29, 1.82) is 0 Å². The molecule has 0 atom stereocenters. The second-order valence-electron chi connectivity index (χ2n) is 12.6. The number of hydrogen-bond donors (Lipinski definition) is 0. The molecular weight excluding hydrogens is 785 g/mol. The molecule has 0 saturated carbocycles. The summed E-state index contributed by atoms with van der Waals surface area (Å²) in [5.74, 6) is -0.716. The molecule has 5 heteroatoms. The van der Waals surface area contributed by atoms with E-state index in [-0.39, 0.29) is 25.7 Å². The van der Waals surface area contributed by atoms with E-state index in [1.807, 2.05) is 62.5 Å². The molecule has 0 spiro atoms. The van der Waals surface area contributed by atoms with Gasteiger partial charge in [-0.05, 0) is 62.7 Å². The molecule has 2 nitrogen and oxygen atoms in total. The molecule has 3 aromatic heterocycles. The molecule has 0 N–H and O–H groups in total. The summed E-state index contributed by atoms with van der Waals surface area (Å²) in [6, 6.07) is 36.7. The second kappa shape index (κ2) is 14.6. The van der Waals surface area contributed by atoms with Crippen molar-refractivity contribution in [1.82, 2.24) is 9.97 Å². The first-order chi connectivity index (χ1) is 24.8. The van der Waals surface area contributed by atoms with Gasteiger partial charge in [-0.2, -0.15) is 11.3 Å². The molecular formula is C42H40IrN2SSi-2. The molecule has 3 heterocycles. The quantitative estimate of drug-likeness (QED) is 0.128. The monoisotopic (exact) mass is 832 g/mol. The first kappa shape index (κ1) is 26.2. The normalized spacial score (nSPS) is 14.3. The van der Waals surface area contributed by atoms with E-state index in [1.165, 1.54) is 31.4 Å². The van der Waals surface area contributed by atoms with E-state index >= 15 is 0 Å². The van der Waals surface area contributed by atoms with Crippen molar-refractivity contribution < 1.29 is 29.7 Å². The first-order valence-electron chi connectivity index (χ1n) is 18.7. The van der Waals surface area contributed by atoms with E-state index in [9.17, 15) is 0 Å². The van der Waals surface area contributed by atoms with Crippen LogP contribution in [0.2, 0.25) is 19.6 Å². The maximum Gasteiger partial charge on any atom is 0.0799 e. The molecule has 0 unspecified atom stereocenters. The standard InChI is InChI=1S/C24H16NS.C18H24NSi.Ir/c1-16-8-10-17(11-9-16)18-12-13-19-20-5-4-6-21(22-7-2-3-14-25-22)24(20)26-23(19)15-18;1-13(2)16-11-17(15-9-7-14(3)8-10-15)19-12-18(16)20(4,5)6;/h2-5,7-15H,1H3;7-9,11-13H,1-6H3;/q2*-1;/i1D3;3D3,13D;. The predicted octanol–water partition coefficient (Wildman–Crippen LogP) is 11.4. The summed E-state index contributed by atoms with van der Waals surface area (Å²) in [6.45, 7) is 6.31. The number of fused-ring (bicyclic) bond motifs is 3. The van der Waals surface area contributed by atoms with Gasteiger partial charge in [0.25, 0.3) is 0 Å². The van der Waals surface area contributed by atoms with Gasteiger partial charge in [-0.3, -0.25) is 0 Å². The van der Waals surface area contributed by atoms with Crippen molar-refractivity contribution in [3.8, 4) is 33.6 Å². The Morgan fingerprint density at radius 3 is 2.21 bits per heavy atom. The Bertz CT molecular complexity index is 2380. The average Bonchev–Trinajstić information content (AvgIpc) is 3.49. The van der Waals surface area contributed by atoms with Crippen molar-refractivity contribution >= 4 is 44.8 Å². The van der Waals surface area contributed by atoms with Gasteiger partial charge >= 0.3 is 0 Å². The summed E-state index contributed by atoms with van der Waals surface area (Å²) in [5, 5.41) is 3.60. The predicted molar refractivity (Wildman–Crippen MR) is 202 cm³/mol. The van der Waals surface area contributed by atoms with Crippen molar-refractivity contribution in [3.05, 3.63) is 138 Å². The molecule has 239 valence electrons. The minimum Gasteiger partial charge on any atom is -0.305 e. The smallest absolute Gasteiger partial charge is 0.0799 e. The average molecular weight is 832 g/mol. The number of benzene rings is 4. The van der Waals surface area contributed by atoms with Crippen LogP contribution in [0.3, 0.4) is 0 Å². The number of pyridine rings is 2. The van der Waals surface area contributed by atoms with E-state index in [1.54, 1.807) is 41.8 Å². The minimum absolute atomic E-state index is 0. The number of thiophene rings is 1. The summed E-state index contributed by atoms with van der Waals surface area (Å²) in [7, 11) is -1.61. The Morgan fingerprint density at radius 1 is 0.787 bits per heavy atom. The van der Waals surface area contributed by atoms with Gasteiger partial charge < -0.3 is 9.97 Å². The van der Waals surface area contributed by atoms with Crippen LogP contribution in [0.1, 0.15) is 46.0 Å². The van der Waals surface area contributed by atoms with Crippen LogP contribution in [-0.2, 0) is 20.1 Å². The van der Waals surface area contributed by atoms with Crippen LogP contribution >= 0.6 is 11.3 Å². The third kappa shape index (κ3) is 7.71. The number of aromatic nitrogens is 2. The fraction of sp³-hybridized carbons (Fsp3) is 0.190. The minimum atomic E-state index is -2.13. The Morgan fingerprint density at radius 2 is 1.55 bits per heavy atom. The zero-order valence-corrected chi connectivity index (χ0v) is 31.2. The largest absolute Gasteiger partial charge is 0.305 e. The first-order valence-corrected chi connectivity index (χ1v) is 19.6. The number of nitrogens with zero attached hydrogens (tertiary/aromatic N) is 2. The summed E-state index contributed by atoms with van der Waals surface area (Å²) in [4.78, 5) is 9.05. The zero-order chi connectivity index (χ0) is 38.3. The molecule has 7 rings (SSSR count). The van der Waals surface area contributed by atoms with Gasteiger partial charge in [0, 0.05) is 46.8 Å². The van der Waals surface area contributed by atoms with E-state index in [0.717, 1.165) is 39.2 Å². The summed E-state index contributed by atoms with van der Waals surface area (Å²) >= 11 is 1.74. The Kier molecular flexibility index (Phi) is 8.14. The zero-order valence-electron chi connectivity index (χ0n) is 34.0. The maximum atomic E-state index is 8.48. The molecule has 0 aliphatic carbocycles. The topological polar surface area (TPSA) is 25.8 Å². The summed E-state index contributed by atoms with van der Waals surface area (Å²) in [5.41, 5.74) is 7.11. The van der Waals surface area contributed by atoms with Crippen LogP contribution in [0.25, 0.3) is 53.8 Å². The fourth-order valence-electron chi connectivity index (χ4n) is 5.48. The van der Waals surface area contributed by atoms with E-state index < -0.39 is 27.7 Å². The number of hydrogen-bond acceptors (Lipinski definition) is 3. The Balaban J connectivity index is 0.000000208. The van der Waals surface area contributed by atoms with Crippen molar-refractivity contribution in [2.24, 2.45) is 0 Å². The van der Waals surface area contributed by atoms with Crippen molar-refractivity contribution in [2.75, 3.05) is 0 Å². The summed E-state index contributed by atoms with van der Waals surface area (Å²) < 4.78 is 55.8. The maximum absolute atomic E-state index is 8.48.